The van der Waals surface area contributed by atoms with E-state index in [0.717, 1.165) is 18.6 Å². The van der Waals surface area contributed by atoms with Crippen LogP contribution in [0.15, 0.2) is 24.3 Å². The molecule has 2 rings (SSSR count). The number of amides is 1. The SMILES string of the molecule is CCCCS(=O)(=O)N1CCC(C(=O)NC(c2cccc(C(F)(F)F)c2)C(C)C)CC1. The number of nitrogens with one attached hydrogen (secondary N) is 1. The maximum atomic E-state index is 13.1. The highest BCUT2D eigenvalue weighted by Crippen LogP contribution is 2.32. The van der Waals surface area contributed by atoms with E-state index in [1.165, 1.54) is 10.4 Å². The van der Waals surface area contributed by atoms with Crippen molar-refractivity contribution in [3.8, 4) is 0 Å². The molecule has 1 unspecified atom stereocenters. The third-order valence-corrected chi connectivity index (χ3v) is 7.47. The van der Waals surface area contributed by atoms with E-state index in [1.807, 2.05) is 20.8 Å². The van der Waals surface area contributed by atoms with Crippen molar-refractivity contribution in [2.75, 3.05) is 18.8 Å². The molecule has 0 radical (unpaired) electrons. The Balaban J connectivity index is 2.04. The molecule has 9 heteroatoms. The molecule has 1 aliphatic heterocycles. The predicted molar refractivity (Wildman–Crippen MR) is 110 cm³/mol. The molecule has 0 bridgehead atoms. The molecular weight excluding hydrogens is 417 g/mol. The van der Waals surface area contributed by atoms with Crippen LogP contribution in [-0.4, -0.2) is 37.5 Å². The summed E-state index contributed by atoms with van der Waals surface area (Å²) in [6.07, 6.45) is -2.23. The number of hydrogen-bond acceptors (Lipinski definition) is 3. The van der Waals surface area contributed by atoms with Crippen LogP contribution in [0, 0.1) is 11.8 Å². The fourth-order valence-electron chi connectivity index (χ4n) is 3.67. The largest absolute Gasteiger partial charge is 0.416 e. The molecule has 0 aromatic heterocycles. The number of nitrogens with zero attached hydrogens (tertiary/aromatic N) is 1. The van der Waals surface area contributed by atoms with E-state index in [1.54, 1.807) is 6.07 Å². The number of unbranched alkanes of at least 4 members (excludes halogenated alkanes) is 1. The predicted octanol–water partition coefficient (Wildman–Crippen LogP) is 4.36. The van der Waals surface area contributed by atoms with Crippen molar-refractivity contribution in [1.29, 1.82) is 0 Å². The Morgan fingerprint density at radius 1 is 1.23 bits per heavy atom. The van der Waals surface area contributed by atoms with Gasteiger partial charge in [-0.25, -0.2) is 12.7 Å². The fraction of sp³-hybridized carbons (Fsp3) is 0.667. The van der Waals surface area contributed by atoms with Crippen LogP contribution >= 0.6 is 0 Å². The second-order valence-corrected chi connectivity index (χ2v) is 10.3. The van der Waals surface area contributed by atoms with E-state index in [9.17, 15) is 26.4 Å². The lowest BCUT2D eigenvalue weighted by Crippen LogP contribution is -2.44. The maximum absolute atomic E-state index is 13.1. The molecule has 170 valence electrons. The van der Waals surface area contributed by atoms with Gasteiger partial charge in [-0.05, 0) is 42.9 Å². The van der Waals surface area contributed by atoms with Gasteiger partial charge in [0.15, 0.2) is 0 Å². The molecular formula is C21H31F3N2O3S. The summed E-state index contributed by atoms with van der Waals surface area (Å²) in [6, 6.07) is 4.47. The van der Waals surface area contributed by atoms with Crippen LogP contribution in [0.4, 0.5) is 13.2 Å². The Hall–Kier alpha value is -1.61. The Morgan fingerprint density at radius 2 is 1.87 bits per heavy atom. The average molecular weight is 449 g/mol. The van der Waals surface area contributed by atoms with Gasteiger partial charge in [0.05, 0.1) is 17.4 Å². The summed E-state index contributed by atoms with van der Waals surface area (Å²) in [4.78, 5) is 12.8. The van der Waals surface area contributed by atoms with Gasteiger partial charge in [-0.3, -0.25) is 4.79 Å². The Morgan fingerprint density at radius 3 is 2.40 bits per heavy atom. The molecule has 1 atom stereocenters. The van der Waals surface area contributed by atoms with Crippen LogP contribution in [-0.2, 0) is 21.0 Å². The molecule has 1 heterocycles. The number of carbonyl (C=O) groups is 1. The number of rotatable bonds is 8. The van der Waals surface area contributed by atoms with E-state index >= 15 is 0 Å². The van der Waals surface area contributed by atoms with Gasteiger partial charge >= 0.3 is 6.18 Å². The molecule has 30 heavy (non-hydrogen) atoms. The number of hydrogen-bond donors (Lipinski definition) is 1. The third-order valence-electron chi connectivity index (χ3n) is 5.51. The normalized spacial score (nSPS) is 17.8. The number of halogens is 3. The van der Waals surface area contributed by atoms with Crippen molar-refractivity contribution in [1.82, 2.24) is 9.62 Å². The van der Waals surface area contributed by atoms with Crippen molar-refractivity contribution in [3.63, 3.8) is 0 Å². The zero-order chi connectivity index (χ0) is 22.5. The number of sulfonamides is 1. The molecule has 0 saturated carbocycles. The minimum Gasteiger partial charge on any atom is -0.349 e. The van der Waals surface area contributed by atoms with Crippen LogP contribution in [0.25, 0.3) is 0 Å². The molecule has 1 aromatic rings. The zero-order valence-corrected chi connectivity index (χ0v) is 18.5. The van der Waals surface area contributed by atoms with Gasteiger partial charge in [-0.2, -0.15) is 13.2 Å². The number of benzene rings is 1. The zero-order valence-electron chi connectivity index (χ0n) is 17.7. The summed E-state index contributed by atoms with van der Waals surface area (Å²) in [7, 11) is -3.30. The molecule has 1 aromatic carbocycles. The van der Waals surface area contributed by atoms with Gasteiger partial charge in [0.2, 0.25) is 15.9 Å². The Kier molecular flexibility index (Phi) is 8.33. The molecule has 1 aliphatic rings. The van der Waals surface area contributed by atoms with Gasteiger partial charge in [0.1, 0.15) is 0 Å². The number of carbonyl (C=O) groups excluding carboxylic acids is 1. The van der Waals surface area contributed by atoms with Crippen molar-refractivity contribution in [2.24, 2.45) is 11.8 Å². The van der Waals surface area contributed by atoms with Crippen molar-refractivity contribution in [2.45, 2.75) is 58.7 Å². The standard InChI is InChI=1S/C21H31F3N2O3S/c1-4-5-13-30(28,29)26-11-9-16(10-12-26)20(27)25-19(15(2)3)17-7-6-8-18(14-17)21(22,23)24/h6-8,14-16,19H,4-5,9-13H2,1-3H3,(H,25,27). The minimum absolute atomic E-state index is 0.105. The number of piperidine rings is 1. The third kappa shape index (κ3) is 6.44. The molecule has 1 N–H and O–H groups in total. The Bertz CT molecular complexity index is 817. The second kappa shape index (κ2) is 10.1. The van der Waals surface area contributed by atoms with Crippen LogP contribution in [0.1, 0.15) is 63.6 Å². The van der Waals surface area contributed by atoms with Gasteiger partial charge in [0, 0.05) is 19.0 Å². The quantitative estimate of drug-likeness (QED) is 0.643. The van der Waals surface area contributed by atoms with Gasteiger partial charge in [-0.15, -0.1) is 0 Å². The van der Waals surface area contributed by atoms with Crippen LogP contribution < -0.4 is 5.32 Å². The van der Waals surface area contributed by atoms with Gasteiger partial charge in [0.25, 0.3) is 0 Å². The topological polar surface area (TPSA) is 66.5 Å². The summed E-state index contributed by atoms with van der Waals surface area (Å²) < 4.78 is 65.2. The summed E-state index contributed by atoms with van der Waals surface area (Å²) in [5.41, 5.74) is -0.335. The lowest BCUT2D eigenvalue weighted by molar-refractivity contribution is -0.137. The summed E-state index contributed by atoms with van der Waals surface area (Å²) in [5, 5.41) is 2.89. The highest BCUT2D eigenvalue weighted by molar-refractivity contribution is 7.89. The molecule has 0 spiro atoms. The summed E-state index contributed by atoms with van der Waals surface area (Å²) in [6.45, 7) is 6.20. The van der Waals surface area contributed by atoms with Crippen molar-refractivity contribution < 1.29 is 26.4 Å². The lowest BCUT2D eigenvalue weighted by Gasteiger charge is -2.32. The second-order valence-electron chi connectivity index (χ2n) is 8.20. The fourth-order valence-corrected chi connectivity index (χ4v) is 5.35. The van der Waals surface area contributed by atoms with E-state index < -0.39 is 27.8 Å². The highest BCUT2D eigenvalue weighted by Gasteiger charge is 2.34. The average Bonchev–Trinajstić information content (AvgIpc) is 2.69. The van der Waals surface area contributed by atoms with Gasteiger partial charge in [-0.1, -0.05) is 39.3 Å². The maximum Gasteiger partial charge on any atom is 0.416 e. The molecule has 0 aliphatic carbocycles. The van der Waals surface area contributed by atoms with E-state index in [-0.39, 0.29) is 23.5 Å². The molecule has 1 saturated heterocycles. The first-order valence-corrected chi connectivity index (χ1v) is 12.0. The summed E-state index contributed by atoms with van der Waals surface area (Å²) >= 11 is 0. The first-order valence-electron chi connectivity index (χ1n) is 10.4. The first kappa shape index (κ1) is 24.7. The molecule has 1 fully saturated rings. The van der Waals surface area contributed by atoms with Crippen molar-refractivity contribution >= 4 is 15.9 Å². The lowest BCUT2D eigenvalue weighted by atomic mass is 9.92. The van der Waals surface area contributed by atoms with E-state index in [4.69, 9.17) is 0 Å². The van der Waals surface area contributed by atoms with Gasteiger partial charge < -0.3 is 5.32 Å². The number of alkyl halides is 3. The van der Waals surface area contributed by atoms with Crippen molar-refractivity contribution in [3.05, 3.63) is 35.4 Å². The molecule has 1 amide bonds. The monoisotopic (exact) mass is 448 g/mol. The van der Waals surface area contributed by atoms with Crippen LogP contribution in [0.3, 0.4) is 0 Å². The smallest absolute Gasteiger partial charge is 0.349 e. The van der Waals surface area contributed by atoms with Crippen LogP contribution in [0.2, 0.25) is 0 Å². The molecule has 5 nitrogen and oxygen atoms in total. The Labute approximate surface area is 177 Å². The van der Waals surface area contributed by atoms with Crippen LogP contribution in [0.5, 0.6) is 0 Å². The highest BCUT2D eigenvalue weighted by atomic mass is 32.2. The first-order chi connectivity index (χ1) is 14.0. The summed E-state index contributed by atoms with van der Waals surface area (Å²) in [5.74, 6) is -0.580. The van der Waals surface area contributed by atoms with E-state index in [2.05, 4.69) is 5.32 Å². The minimum atomic E-state index is -4.45. The van der Waals surface area contributed by atoms with E-state index in [0.29, 0.717) is 37.9 Å².